The number of thiazole rings is 1. The predicted octanol–water partition coefficient (Wildman–Crippen LogP) is 5.03. The van der Waals surface area contributed by atoms with E-state index in [9.17, 15) is 22.8 Å². The van der Waals surface area contributed by atoms with E-state index in [1.807, 2.05) is 18.2 Å². The highest BCUT2D eigenvalue weighted by Crippen LogP contribution is 2.34. The van der Waals surface area contributed by atoms with Gasteiger partial charge in [-0.15, -0.1) is 11.3 Å². The van der Waals surface area contributed by atoms with E-state index in [4.69, 9.17) is 4.74 Å². The molecule has 0 aliphatic carbocycles. The average molecular weight is 504 g/mol. The topological polar surface area (TPSA) is 62.7 Å². The van der Waals surface area contributed by atoms with Crippen LogP contribution in [0.4, 0.5) is 13.2 Å². The smallest absolute Gasteiger partial charge is 0.416 e. The third-order valence-corrected chi connectivity index (χ3v) is 6.79. The van der Waals surface area contributed by atoms with Crippen LogP contribution in [-0.2, 0) is 15.8 Å². The van der Waals surface area contributed by atoms with Crippen molar-refractivity contribution in [3.05, 3.63) is 70.5 Å². The summed E-state index contributed by atoms with van der Waals surface area (Å²) in [6.07, 6.45) is -3.91. The number of ether oxygens (including phenoxy) is 1. The SMILES string of the molecule is CC(=O)N1CCC(c2nc(-c3ccc(C(F)(F)F)cc3)cs2)N(C(=O)COc2ccccc2)CC1. The monoisotopic (exact) mass is 503 g/mol. The molecule has 1 atom stereocenters. The lowest BCUT2D eigenvalue weighted by molar-refractivity contribution is -0.137. The van der Waals surface area contributed by atoms with E-state index in [0.717, 1.165) is 12.1 Å². The lowest BCUT2D eigenvalue weighted by atomic mass is 10.1. The molecule has 1 aliphatic heterocycles. The Morgan fingerprint density at radius 1 is 1.06 bits per heavy atom. The fraction of sp³-hybridized carbons (Fsp3) is 0.320. The highest BCUT2D eigenvalue weighted by molar-refractivity contribution is 7.10. The number of rotatable bonds is 5. The van der Waals surface area contributed by atoms with Gasteiger partial charge in [0, 0.05) is 37.5 Å². The molecule has 0 bridgehead atoms. The van der Waals surface area contributed by atoms with Gasteiger partial charge in [0.15, 0.2) is 6.61 Å². The molecule has 10 heteroatoms. The van der Waals surface area contributed by atoms with Gasteiger partial charge in [-0.3, -0.25) is 9.59 Å². The summed E-state index contributed by atoms with van der Waals surface area (Å²) in [6, 6.07) is 13.5. The summed E-state index contributed by atoms with van der Waals surface area (Å²) < 4.78 is 44.3. The highest BCUT2D eigenvalue weighted by Gasteiger charge is 2.32. The average Bonchev–Trinajstić information content (AvgIpc) is 3.22. The number of carbonyl (C=O) groups excluding carboxylic acids is 2. The Balaban J connectivity index is 1.55. The van der Waals surface area contributed by atoms with Crippen molar-refractivity contribution in [1.29, 1.82) is 0 Å². The molecule has 0 N–H and O–H groups in total. The van der Waals surface area contributed by atoms with Crippen LogP contribution >= 0.6 is 11.3 Å². The van der Waals surface area contributed by atoms with Gasteiger partial charge in [0.2, 0.25) is 5.91 Å². The first-order valence-corrected chi connectivity index (χ1v) is 12.0. The van der Waals surface area contributed by atoms with Crippen LogP contribution in [0.25, 0.3) is 11.3 Å². The fourth-order valence-corrected chi connectivity index (χ4v) is 4.92. The summed E-state index contributed by atoms with van der Waals surface area (Å²) in [5.74, 6) is 0.287. The van der Waals surface area contributed by atoms with E-state index in [0.29, 0.717) is 48.1 Å². The molecule has 0 radical (unpaired) electrons. The molecule has 184 valence electrons. The van der Waals surface area contributed by atoms with E-state index in [1.54, 1.807) is 27.3 Å². The van der Waals surface area contributed by atoms with Crippen molar-refractivity contribution in [1.82, 2.24) is 14.8 Å². The second-order valence-corrected chi connectivity index (χ2v) is 9.04. The van der Waals surface area contributed by atoms with Gasteiger partial charge >= 0.3 is 6.18 Å². The normalized spacial score (nSPS) is 16.6. The van der Waals surface area contributed by atoms with Gasteiger partial charge in [-0.05, 0) is 30.7 Å². The van der Waals surface area contributed by atoms with Crippen LogP contribution in [-0.4, -0.2) is 52.8 Å². The zero-order valence-electron chi connectivity index (χ0n) is 19.0. The molecule has 2 amide bonds. The molecule has 35 heavy (non-hydrogen) atoms. The molecule has 1 saturated heterocycles. The van der Waals surface area contributed by atoms with Crippen molar-refractivity contribution < 1.29 is 27.5 Å². The number of nitrogens with zero attached hydrogens (tertiary/aromatic N) is 3. The van der Waals surface area contributed by atoms with E-state index in [2.05, 4.69) is 4.98 Å². The molecule has 4 rings (SSSR count). The van der Waals surface area contributed by atoms with Gasteiger partial charge in [0.25, 0.3) is 5.91 Å². The second kappa shape index (κ2) is 10.5. The van der Waals surface area contributed by atoms with Crippen LogP contribution in [0.1, 0.15) is 30.0 Å². The van der Waals surface area contributed by atoms with Crippen LogP contribution in [0.5, 0.6) is 5.75 Å². The van der Waals surface area contributed by atoms with Crippen molar-refractivity contribution in [2.75, 3.05) is 26.2 Å². The van der Waals surface area contributed by atoms with E-state index >= 15 is 0 Å². The Hall–Kier alpha value is -3.40. The van der Waals surface area contributed by atoms with Crippen molar-refractivity contribution in [2.24, 2.45) is 0 Å². The maximum Gasteiger partial charge on any atom is 0.416 e. The molecule has 1 aliphatic rings. The summed E-state index contributed by atoms with van der Waals surface area (Å²) in [7, 11) is 0. The molecule has 2 aromatic carbocycles. The van der Waals surface area contributed by atoms with Crippen molar-refractivity contribution in [3.8, 4) is 17.0 Å². The number of halogens is 3. The fourth-order valence-electron chi connectivity index (χ4n) is 3.95. The van der Waals surface area contributed by atoms with E-state index in [-0.39, 0.29) is 24.5 Å². The minimum Gasteiger partial charge on any atom is -0.484 e. The maximum absolute atomic E-state index is 13.2. The Labute approximate surface area is 205 Å². The highest BCUT2D eigenvalue weighted by atomic mass is 32.1. The van der Waals surface area contributed by atoms with Crippen LogP contribution in [0, 0.1) is 0 Å². The zero-order chi connectivity index (χ0) is 25.0. The Morgan fingerprint density at radius 2 is 1.77 bits per heavy atom. The standard InChI is InChI=1S/C25H24F3N3O3S/c1-17(32)30-12-11-22(31(14-13-30)23(33)15-34-20-5-3-2-4-6-20)24-29-21(16-35-24)18-7-9-19(10-8-18)25(26,27)28/h2-10,16,22H,11-15H2,1H3. The largest absolute Gasteiger partial charge is 0.484 e. The first kappa shape index (κ1) is 24.7. The third-order valence-electron chi connectivity index (χ3n) is 5.85. The Bertz CT molecular complexity index is 1170. The molecule has 2 heterocycles. The van der Waals surface area contributed by atoms with Gasteiger partial charge in [-0.1, -0.05) is 30.3 Å². The molecule has 1 aromatic heterocycles. The minimum absolute atomic E-state index is 0.0665. The quantitative estimate of drug-likeness (QED) is 0.490. The van der Waals surface area contributed by atoms with E-state index in [1.165, 1.54) is 30.4 Å². The number of amides is 2. The molecular formula is C25H24F3N3O3S. The van der Waals surface area contributed by atoms with E-state index < -0.39 is 11.7 Å². The first-order valence-electron chi connectivity index (χ1n) is 11.1. The third kappa shape index (κ3) is 6.00. The van der Waals surface area contributed by atoms with Crippen LogP contribution in [0.2, 0.25) is 0 Å². The molecule has 6 nitrogen and oxygen atoms in total. The number of para-hydroxylation sites is 1. The predicted molar refractivity (Wildman–Crippen MR) is 126 cm³/mol. The number of hydrogen-bond acceptors (Lipinski definition) is 5. The minimum atomic E-state index is -4.41. The van der Waals surface area contributed by atoms with Crippen molar-refractivity contribution >= 4 is 23.2 Å². The van der Waals surface area contributed by atoms with Gasteiger partial charge in [0.05, 0.1) is 17.3 Å². The summed E-state index contributed by atoms with van der Waals surface area (Å²) >= 11 is 1.34. The van der Waals surface area contributed by atoms with Gasteiger partial charge < -0.3 is 14.5 Å². The second-order valence-electron chi connectivity index (χ2n) is 8.15. The Morgan fingerprint density at radius 3 is 2.43 bits per heavy atom. The molecule has 3 aromatic rings. The number of carbonyl (C=O) groups is 2. The molecule has 0 spiro atoms. The molecule has 1 fully saturated rings. The van der Waals surface area contributed by atoms with Gasteiger partial charge in [0.1, 0.15) is 10.8 Å². The first-order chi connectivity index (χ1) is 16.7. The number of hydrogen-bond donors (Lipinski definition) is 0. The van der Waals surface area contributed by atoms with Crippen molar-refractivity contribution in [2.45, 2.75) is 25.6 Å². The summed E-state index contributed by atoms with van der Waals surface area (Å²) in [6.45, 7) is 2.55. The van der Waals surface area contributed by atoms with Crippen LogP contribution in [0.15, 0.2) is 60.0 Å². The summed E-state index contributed by atoms with van der Waals surface area (Å²) in [5.41, 5.74) is 0.379. The van der Waals surface area contributed by atoms with Gasteiger partial charge in [-0.25, -0.2) is 4.98 Å². The zero-order valence-corrected chi connectivity index (χ0v) is 19.8. The van der Waals surface area contributed by atoms with Crippen molar-refractivity contribution in [3.63, 3.8) is 0 Å². The van der Waals surface area contributed by atoms with Crippen LogP contribution < -0.4 is 4.74 Å². The lowest BCUT2D eigenvalue weighted by Crippen LogP contribution is -2.40. The summed E-state index contributed by atoms with van der Waals surface area (Å²) in [5, 5.41) is 2.44. The number of alkyl halides is 3. The van der Waals surface area contributed by atoms with Gasteiger partial charge in [-0.2, -0.15) is 13.2 Å². The maximum atomic E-state index is 13.2. The van der Waals surface area contributed by atoms with Crippen LogP contribution in [0.3, 0.4) is 0 Å². The summed E-state index contributed by atoms with van der Waals surface area (Å²) in [4.78, 5) is 33.2. The number of aromatic nitrogens is 1. The number of benzene rings is 2. The molecule has 0 saturated carbocycles. The molecule has 1 unspecified atom stereocenters. The Kier molecular flexibility index (Phi) is 7.39. The lowest BCUT2D eigenvalue weighted by Gasteiger charge is -2.28. The molecular weight excluding hydrogens is 479 g/mol.